The van der Waals surface area contributed by atoms with Crippen LogP contribution in [0.3, 0.4) is 0 Å². The Morgan fingerprint density at radius 3 is 2.46 bits per heavy atom. The van der Waals surface area contributed by atoms with Crippen LogP contribution in [0.2, 0.25) is 0 Å². The predicted octanol–water partition coefficient (Wildman–Crippen LogP) is 3.18. The summed E-state index contributed by atoms with van der Waals surface area (Å²) in [6.07, 6.45) is 3.91. The number of rotatable bonds is 10. The van der Waals surface area contributed by atoms with Crippen LogP contribution < -0.4 is 5.32 Å². The molecule has 0 unspecified atom stereocenters. The highest BCUT2D eigenvalue weighted by Crippen LogP contribution is 2.18. The zero-order chi connectivity index (χ0) is 18.9. The molecule has 6 heteroatoms. The minimum absolute atomic E-state index is 0.00523. The summed E-state index contributed by atoms with van der Waals surface area (Å²) in [6.45, 7) is 4.53. The Balaban J connectivity index is 1.80. The standard InChI is InChI=1S/C20H27N3O3/c1-15-18(16(2)23(22-15)17-10-6-5-7-11-17)14-19(24)21-13-9-4-3-8-12-20(25)26/h5-7,10-11H,3-4,8-9,12-14H2,1-2H3,(H,21,24)(H,25,26). The fourth-order valence-corrected chi connectivity index (χ4v) is 2.96. The van der Waals surface area contributed by atoms with Crippen molar-refractivity contribution in [1.82, 2.24) is 15.1 Å². The van der Waals surface area contributed by atoms with E-state index in [9.17, 15) is 9.59 Å². The SMILES string of the molecule is Cc1nn(-c2ccccc2)c(C)c1CC(=O)NCCCCCCC(=O)O. The van der Waals surface area contributed by atoms with E-state index in [0.29, 0.717) is 19.4 Å². The van der Waals surface area contributed by atoms with Gasteiger partial charge in [0.25, 0.3) is 0 Å². The van der Waals surface area contributed by atoms with Gasteiger partial charge in [-0.3, -0.25) is 9.59 Å². The van der Waals surface area contributed by atoms with E-state index in [-0.39, 0.29) is 12.3 Å². The average Bonchev–Trinajstić information content (AvgIpc) is 2.89. The van der Waals surface area contributed by atoms with Crippen molar-refractivity contribution < 1.29 is 14.7 Å². The number of aliphatic carboxylic acids is 1. The van der Waals surface area contributed by atoms with Crippen molar-refractivity contribution in [3.8, 4) is 5.69 Å². The first-order valence-electron chi connectivity index (χ1n) is 9.08. The van der Waals surface area contributed by atoms with Crippen LogP contribution in [0.15, 0.2) is 30.3 Å². The van der Waals surface area contributed by atoms with Gasteiger partial charge in [-0.1, -0.05) is 31.0 Å². The number of carbonyl (C=O) groups excluding carboxylic acids is 1. The normalized spacial score (nSPS) is 10.7. The van der Waals surface area contributed by atoms with Gasteiger partial charge in [0.05, 0.1) is 17.8 Å². The molecule has 1 heterocycles. The Bertz CT molecular complexity index is 738. The van der Waals surface area contributed by atoms with Crippen LogP contribution in [0.5, 0.6) is 0 Å². The highest BCUT2D eigenvalue weighted by Gasteiger charge is 2.15. The molecule has 0 fully saturated rings. The van der Waals surface area contributed by atoms with E-state index in [1.54, 1.807) is 0 Å². The molecule has 2 N–H and O–H groups in total. The molecule has 0 aliphatic heterocycles. The number of hydrogen-bond acceptors (Lipinski definition) is 3. The monoisotopic (exact) mass is 357 g/mol. The van der Waals surface area contributed by atoms with Crippen LogP contribution in [-0.2, 0) is 16.0 Å². The quantitative estimate of drug-likeness (QED) is 0.640. The first-order valence-corrected chi connectivity index (χ1v) is 9.08. The summed E-state index contributed by atoms with van der Waals surface area (Å²) in [5, 5.41) is 16.1. The van der Waals surface area contributed by atoms with Gasteiger partial charge >= 0.3 is 5.97 Å². The molecular weight excluding hydrogens is 330 g/mol. The third kappa shape index (κ3) is 5.72. The minimum atomic E-state index is -0.750. The number of unbranched alkanes of at least 4 members (excludes halogenated alkanes) is 3. The maximum absolute atomic E-state index is 12.2. The van der Waals surface area contributed by atoms with Gasteiger partial charge in [-0.05, 0) is 38.8 Å². The van der Waals surface area contributed by atoms with E-state index in [4.69, 9.17) is 5.11 Å². The maximum Gasteiger partial charge on any atom is 0.303 e. The van der Waals surface area contributed by atoms with Gasteiger partial charge in [0.2, 0.25) is 5.91 Å². The lowest BCUT2D eigenvalue weighted by molar-refractivity contribution is -0.137. The molecule has 0 saturated carbocycles. The van der Waals surface area contributed by atoms with Crippen molar-refractivity contribution >= 4 is 11.9 Å². The molecule has 6 nitrogen and oxygen atoms in total. The number of aromatic nitrogens is 2. The van der Waals surface area contributed by atoms with Crippen LogP contribution in [0.4, 0.5) is 0 Å². The molecule has 0 bridgehead atoms. The predicted molar refractivity (Wildman–Crippen MR) is 100 cm³/mol. The number of carboxylic acids is 1. The molecule has 0 aliphatic carbocycles. The lowest BCUT2D eigenvalue weighted by Gasteiger charge is -2.07. The van der Waals surface area contributed by atoms with Gasteiger partial charge in [-0.25, -0.2) is 4.68 Å². The van der Waals surface area contributed by atoms with E-state index in [2.05, 4.69) is 10.4 Å². The first-order chi connectivity index (χ1) is 12.5. The number of hydrogen-bond donors (Lipinski definition) is 2. The zero-order valence-electron chi connectivity index (χ0n) is 15.5. The van der Waals surface area contributed by atoms with E-state index in [0.717, 1.165) is 41.9 Å². The summed E-state index contributed by atoms with van der Waals surface area (Å²) in [5.74, 6) is -0.755. The second-order valence-corrected chi connectivity index (χ2v) is 6.48. The van der Waals surface area contributed by atoms with Crippen molar-refractivity contribution in [2.45, 2.75) is 52.4 Å². The van der Waals surface area contributed by atoms with E-state index >= 15 is 0 Å². The number of carboxylic acid groups (broad SMARTS) is 1. The molecule has 0 radical (unpaired) electrons. The highest BCUT2D eigenvalue weighted by molar-refractivity contribution is 5.79. The van der Waals surface area contributed by atoms with Gasteiger partial charge in [-0.15, -0.1) is 0 Å². The topological polar surface area (TPSA) is 84.2 Å². The van der Waals surface area contributed by atoms with Crippen molar-refractivity contribution in [2.75, 3.05) is 6.54 Å². The van der Waals surface area contributed by atoms with Gasteiger partial charge in [0.1, 0.15) is 0 Å². The summed E-state index contributed by atoms with van der Waals surface area (Å²) in [7, 11) is 0. The third-order valence-corrected chi connectivity index (χ3v) is 4.42. The van der Waals surface area contributed by atoms with Crippen LogP contribution in [0.25, 0.3) is 5.69 Å². The molecule has 0 atom stereocenters. The zero-order valence-corrected chi connectivity index (χ0v) is 15.5. The van der Waals surface area contributed by atoms with Crippen molar-refractivity contribution in [1.29, 1.82) is 0 Å². The highest BCUT2D eigenvalue weighted by atomic mass is 16.4. The molecule has 2 aromatic rings. The summed E-state index contributed by atoms with van der Waals surface area (Å²) in [4.78, 5) is 22.6. The first kappa shape index (κ1) is 19.7. The van der Waals surface area contributed by atoms with Crippen LogP contribution in [0, 0.1) is 13.8 Å². The Hall–Kier alpha value is -2.63. The second kappa shape index (κ2) is 9.75. The van der Waals surface area contributed by atoms with Gasteiger partial charge < -0.3 is 10.4 Å². The third-order valence-electron chi connectivity index (χ3n) is 4.42. The van der Waals surface area contributed by atoms with E-state index in [1.807, 2.05) is 48.9 Å². The summed E-state index contributed by atoms with van der Waals surface area (Å²) in [6, 6.07) is 9.88. The minimum Gasteiger partial charge on any atom is -0.481 e. The molecule has 2 rings (SSSR count). The lowest BCUT2D eigenvalue weighted by Crippen LogP contribution is -2.26. The van der Waals surface area contributed by atoms with E-state index in [1.165, 1.54) is 0 Å². The smallest absolute Gasteiger partial charge is 0.303 e. The maximum atomic E-state index is 12.2. The molecule has 26 heavy (non-hydrogen) atoms. The number of para-hydroxylation sites is 1. The molecule has 1 aromatic carbocycles. The Kier molecular flexibility index (Phi) is 7.38. The van der Waals surface area contributed by atoms with Crippen LogP contribution in [0.1, 0.15) is 49.1 Å². The number of benzene rings is 1. The average molecular weight is 357 g/mol. The molecule has 1 aromatic heterocycles. The lowest BCUT2D eigenvalue weighted by atomic mass is 10.1. The molecule has 0 aliphatic rings. The Morgan fingerprint density at radius 2 is 1.77 bits per heavy atom. The number of aryl methyl sites for hydroxylation is 1. The fraction of sp³-hybridized carbons (Fsp3) is 0.450. The molecule has 0 spiro atoms. The molecular formula is C20H27N3O3. The number of nitrogens with one attached hydrogen (secondary N) is 1. The largest absolute Gasteiger partial charge is 0.481 e. The summed E-state index contributed by atoms with van der Waals surface area (Å²) < 4.78 is 1.88. The number of amides is 1. The van der Waals surface area contributed by atoms with Gasteiger partial charge in [-0.2, -0.15) is 5.10 Å². The fourth-order valence-electron chi connectivity index (χ4n) is 2.96. The van der Waals surface area contributed by atoms with Gasteiger partial charge in [0.15, 0.2) is 0 Å². The van der Waals surface area contributed by atoms with Gasteiger partial charge in [0, 0.05) is 24.2 Å². The summed E-state index contributed by atoms with van der Waals surface area (Å²) >= 11 is 0. The Morgan fingerprint density at radius 1 is 1.08 bits per heavy atom. The summed E-state index contributed by atoms with van der Waals surface area (Å²) in [5.41, 5.74) is 3.81. The van der Waals surface area contributed by atoms with Crippen molar-refractivity contribution in [3.63, 3.8) is 0 Å². The molecule has 140 valence electrons. The van der Waals surface area contributed by atoms with Crippen molar-refractivity contribution in [3.05, 3.63) is 47.3 Å². The van der Waals surface area contributed by atoms with Crippen LogP contribution in [-0.4, -0.2) is 33.3 Å². The Labute approximate surface area is 154 Å². The number of nitrogens with zero attached hydrogens (tertiary/aromatic N) is 2. The van der Waals surface area contributed by atoms with Crippen LogP contribution >= 0.6 is 0 Å². The molecule has 0 saturated heterocycles. The number of carbonyl (C=O) groups is 2. The van der Waals surface area contributed by atoms with E-state index < -0.39 is 5.97 Å². The van der Waals surface area contributed by atoms with Crippen molar-refractivity contribution in [2.24, 2.45) is 0 Å². The molecule has 1 amide bonds. The second-order valence-electron chi connectivity index (χ2n) is 6.48.